The largest absolute Gasteiger partial charge is 0.278 e. The third-order valence-electron chi connectivity index (χ3n) is 3.19. The Kier molecular flexibility index (Phi) is 3.34. The van der Waals surface area contributed by atoms with Gasteiger partial charge in [-0.15, -0.1) is 0 Å². The molecule has 0 bridgehead atoms. The Labute approximate surface area is 111 Å². The minimum atomic E-state index is -0.280. The number of carbonyl (C=O) groups is 2. The van der Waals surface area contributed by atoms with E-state index in [0.717, 1.165) is 0 Å². The third-order valence-corrected chi connectivity index (χ3v) is 3.19. The van der Waals surface area contributed by atoms with Crippen molar-refractivity contribution in [3.63, 3.8) is 0 Å². The second-order valence-electron chi connectivity index (χ2n) is 5.51. The van der Waals surface area contributed by atoms with Crippen molar-refractivity contribution in [3.05, 3.63) is 29.6 Å². The normalized spacial score (nSPS) is 18.3. The summed E-state index contributed by atoms with van der Waals surface area (Å²) in [6.07, 6.45) is 2.22. The standard InChI is InChI=1S/C14H15N3O2/c1-14(2)6-12(18)17(13(19)7-14)9-10-4-3-5-16-11(10)8-15/h3-5H,6-7,9H2,1-2H3. The molecule has 0 unspecified atom stereocenters. The van der Waals surface area contributed by atoms with Gasteiger partial charge in [0.05, 0.1) is 6.54 Å². The van der Waals surface area contributed by atoms with Gasteiger partial charge in [0.15, 0.2) is 0 Å². The highest BCUT2D eigenvalue weighted by Crippen LogP contribution is 2.32. The van der Waals surface area contributed by atoms with Gasteiger partial charge in [-0.25, -0.2) is 4.98 Å². The first kappa shape index (κ1) is 13.2. The second-order valence-corrected chi connectivity index (χ2v) is 5.51. The lowest BCUT2D eigenvalue weighted by molar-refractivity contribution is -0.153. The quantitative estimate of drug-likeness (QED) is 0.755. The molecule has 0 atom stereocenters. The molecule has 1 aliphatic rings. The van der Waals surface area contributed by atoms with Crippen molar-refractivity contribution in [2.75, 3.05) is 0 Å². The number of carbonyl (C=O) groups excluding carboxylic acids is 2. The number of pyridine rings is 1. The fourth-order valence-electron chi connectivity index (χ4n) is 2.22. The van der Waals surface area contributed by atoms with Crippen LogP contribution in [0.5, 0.6) is 0 Å². The molecular formula is C14H15N3O2. The lowest BCUT2D eigenvalue weighted by Gasteiger charge is -2.34. The molecule has 1 saturated heterocycles. The van der Waals surface area contributed by atoms with Crippen LogP contribution in [0.4, 0.5) is 0 Å². The Balaban J connectivity index is 2.22. The van der Waals surface area contributed by atoms with Gasteiger partial charge in [0.1, 0.15) is 11.8 Å². The first-order valence-electron chi connectivity index (χ1n) is 6.10. The lowest BCUT2D eigenvalue weighted by atomic mass is 9.81. The van der Waals surface area contributed by atoms with E-state index in [1.165, 1.54) is 11.1 Å². The second kappa shape index (κ2) is 4.81. The van der Waals surface area contributed by atoms with E-state index >= 15 is 0 Å². The number of hydrogen-bond donors (Lipinski definition) is 0. The van der Waals surface area contributed by atoms with E-state index in [9.17, 15) is 9.59 Å². The summed E-state index contributed by atoms with van der Waals surface area (Å²) in [5.41, 5.74) is 0.580. The Bertz CT molecular complexity index is 552. The third kappa shape index (κ3) is 2.79. The summed E-state index contributed by atoms with van der Waals surface area (Å²) >= 11 is 0. The van der Waals surface area contributed by atoms with Crippen LogP contribution in [0.25, 0.3) is 0 Å². The Hall–Kier alpha value is -2.22. The predicted octanol–water partition coefficient (Wildman–Crippen LogP) is 1.63. The zero-order valence-electron chi connectivity index (χ0n) is 11.0. The van der Waals surface area contributed by atoms with Crippen molar-refractivity contribution in [2.45, 2.75) is 33.2 Å². The van der Waals surface area contributed by atoms with Gasteiger partial charge < -0.3 is 0 Å². The van der Waals surface area contributed by atoms with Gasteiger partial charge >= 0.3 is 0 Å². The number of piperidine rings is 1. The molecule has 2 amide bonds. The molecule has 1 aromatic heterocycles. The van der Waals surface area contributed by atoms with Crippen molar-refractivity contribution in [3.8, 4) is 6.07 Å². The number of hydrogen-bond acceptors (Lipinski definition) is 4. The summed E-state index contributed by atoms with van der Waals surface area (Å²) in [4.78, 5) is 29.2. The van der Waals surface area contributed by atoms with E-state index in [1.807, 2.05) is 19.9 Å². The van der Waals surface area contributed by atoms with E-state index in [2.05, 4.69) is 4.98 Å². The molecule has 1 aliphatic heterocycles. The van der Waals surface area contributed by atoms with Crippen LogP contribution in [0.2, 0.25) is 0 Å². The van der Waals surface area contributed by atoms with Gasteiger partial charge in [-0.1, -0.05) is 19.9 Å². The van der Waals surface area contributed by atoms with Crippen molar-refractivity contribution in [1.29, 1.82) is 5.26 Å². The van der Waals surface area contributed by atoms with E-state index in [1.54, 1.807) is 12.1 Å². The first-order valence-corrected chi connectivity index (χ1v) is 6.10. The van der Waals surface area contributed by atoms with Crippen molar-refractivity contribution in [2.24, 2.45) is 5.41 Å². The lowest BCUT2D eigenvalue weighted by Crippen LogP contribution is -2.45. The molecular weight excluding hydrogens is 242 g/mol. The molecule has 1 aromatic rings. The van der Waals surface area contributed by atoms with Crippen molar-refractivity contribution < 1.29 is 9.59 Å². The maximum atomic E-state index is 12.0. The summed E-state index contributed by atoms with van der Waals surface area (Å²) in [6.45, 7) is 3.94. The van der Waals surface area contributed by atoms with Gasteiger partial charge in [-0.05, 0) is 11.5 Å². The van der Waals surface area contributed by atoms with Gasteiger partial charge in [0, 0.05) is 24.6 Å². The number of aromatic nitrogens is 1. The van der Waals surface area contributed by atoms with Crippen LogP contribution in [0.1, 0.15) is 37.9 Å². The van der Waals surface area contributed by atoms with Gasteiger partial charge in [0.25, 0.3) is 0 Å². The number of rotatable bonds is 2. The SMILES string of the molecule is CC1(C)CC(=O)N(Cc2cccnc2C#N)C(=O)C1. The summed E-state index contributed by atoms with van der Waals surface area (Å²) in [6, 6.07) is 5.38. The number of nitriles is 1. The zero-order valence-corrected chi connectivity index (χ0v) is 11.0. The number of amides is 2. The van der Waals surface area contributed by atoms with E-state index < -0.39 is 0 Å². The fourth-order valence-corrected chi connectivity index (χ4v) is 2.22. The van der Waals surface area contributed by atoms with Gasteiger partial charge in [0.2, 0.25) is 11.8 Å². The molecule has 19 heavy (non-hydrogen) atoms. The maximum absolute atomic E-state index is 12.0. The van der Waals surface area contributed by atoms with Crippen molar-refractivity contribution in [1.82, 2.24) is 9.88 Å². The van der Waals surface area contributed by atoms with Gasteiger partial charge in [-0.2, -0.15) is 5.26 Å². The van der Waals surface area contributed by atoms with E-state index in [-0.39, 0.29) is 29.5 Å². The van der Waals surface area contributed by atoms with Crippen LogP contribution in [0, 0.1) is 16.7 Å². The van der Waals surface area contributed by atoms with Crippen LogP contribution < -0.4 is 0 Å². The molecule has 1 fully saturated rings. The van der Waals surface area contributed by atoms with Crippen molar-refractivity contribution >= 4 is 11.8 Å². The number of nitrogens with zero attached hydrogens (tertiary/aromatic N) is 3. The fraction of sp³-hybridized carbons (Fsp3) is 0.429. The monoisotopic (exact) mass is 257 g/mol. The molecule has 98 valence electrons. The molecule has 5 heteroatoms. The van der Waals surface area contributed by atoms with E-state index in [4.69, 9.17) is 5.26 Å². The molecule has 0 N–H and O–H groups in total. The topological polar surface area (TPSA) is 74.1 Å². The molecule has 2 heterocycles. The van der Waals surface area contributed by atoms with Crippen LogP contribution >= 0.6 is 0 Å². The molecule has 5 nitrogen and oxygen atoms in total. The van der Waals surface area contributed by atoms with Crippen LogP contribution in [-0.2, 0) is 16.1 Å². The summed E-state index contributed by atoms with van der Waals surface area (Å²) in [5.74, 6) is -0.372. The van der Waals surface area contributed by atoms with E-state index in [0.29, 0.717) is 18.4 Å². The summed E-state index contributed by atoms with van der Waals surface area (Å²) in [7, 11) is 0. The average Bonchev–Trinajstić information content (AvgIpc) is 2.33. The molecule has 0 aliphatic carbocycles. The maximum Gasteiger partial charge on any atom is 0.230 e. The Morgan fingerprint density at radius 2 is 2.00 bits per heavy atom. The highest BCUT2D eigenvalue weighted by atomic mass is 16.2. The van der Waals surface area contributed by atoms with Gasteiger partial charge in [-0.3, -0.25) is 14.5 Å². The Morgan fingerprint density at radius 3 is 2.58 bits per heavy atom. The Morgan fingerprint density at radius 1 is 1.37 bits per heavy atom. The highest BCUT2D eigenvalue weighted by molar-refractivity contribution is 5.98. The van der Waals surface area contributed by atoms with Crippen LogP contribution in [-0.4, -0.2) is 21.7 Å². The number of likely N-dealkylation sites (tertiary alicyclic amines) is 1. The van der Waals surface area contributed by atoms with Crippen LogP contribution in [0.15, 0.2) is 18.3 Å². The highest BCUT2D eigenvalue weighted by Gasteiger charge is 2.37. The minimum Gasteiger partial charge on any atom is -0.278 e. The summed E-state index contributed by atoms with van der Waals surface area (Å²) in [5, 5.41) is 8.96. The molecule has 0 saturated carbocycles. The molecule has 0 radical (unpaired) electrons. The average molecular weight is 257 g/mol. The summed E-state index contributed by atoms with van der Waals surface area (Å²) < 4.78 is 0. The van der Waals surface area contributed by atoms with Crippen LogP contribution in [0.3, 0.4) is 0 Å². The number of imide groups is 1. The molecule has 2 rings (SSSR count). The first-order chi connectivity index (χ1) is 8.93. The molecule has 0 aromatic carbocycles. The zero-order chi connectivity index (χ0) is 14.0. The smallest absolute Gasteiger partial charge is 0.230 e. The predicted molar refractivity (Wildman–Crippen MR) is 67.5 cm³/mol. The molecule has 0 spiro atoms. The minimum absolute atomic E-state index is 0.129.